The zero-order valence-electron chi connectivity index (χ0n) is 19.0. The van der Waals surface area contributed by atoms with Crippen LogP contribution in [0.3, 0.4) is 0 Å². The Labute approximate surface area is 198 Å². The molecular weight excluding hydrogens is 432 g/mol. The van der Waals surface area contributed by atoms with E-state index in [1.807, 2.05) is 73.7 Å². The Morgan fingerprint density at radius 3 is 2.29 bits per heavy atom. The molecule has 34 heavy (non-hydrogen) atoms. The SMILES string of the molecule is Cc1cccc2c1NC(=O)[C@](C)(C(=O)N[C@H](Cc1ccccc1)C(=O)OCc1ccccc1)O2. The maximum atomic E-state index is 13.3. The van der Waals surface area contributed by atoms with Gasteiger partial charge in [0.25, 0.3) is 17.4 Å². The van der Waals surface area contributed by atoms with Crippen LogP contribution < -0.4 is 15.4 Å². The van der Waals surface area contributed by atoms with E-state index < -0.39 is 29.4 Å². The molecule has 0 fully saturated rings. The largest absolute Gasteiger partial charge is 0.466 e. The fourth-order valence-electron chi connectivity index (χ4n) is 3.70. The van der Waals surface area contributed by atoms with Crippen LogP contribution in [-0.2, 0) is 32.1 Å². The number of benzene rings is 3. The summed E-state index contributed by atoms with van der Waals surface area (Å²) in [5.74, 6) is -1.54. The van der Waals surface area contributed by atoms with Crippen molar-refractivity contribution in [3.05, 3.63) is 95.6 Å². The molecule has 2 atom stereocenters. The molecule has 7 heteroatoms. The van der Waals surface area contributed by atoms with E-state index in [9.17, 15) is 14.4 Å². The van der Waals surface area contributed by atoms with Crippen LogP contribution in [0.4, 0.5) is 5.69 Å². The van der Waals surface area contributed by atoms with Crippen LogP contribution in [0.25, 0.3) is 0 Å². The summed E-state index contributed by atoms with van der Waals surface area (Å²) >= 11 is 0. The molecule has 0 bridgehead atoms. The molecule has 1 heterocycles. The number of carbonyl (C=O) groups is 3. The molecule has 2 N–H and O–H groups in total. The number of carbonyl (C=O) groups excluding carboxylic acids is 3. The van der Waals surface area contributed by atoms with Gasteiger partial charge >= 0.3 is 5.97 Å². The van der Waals surface area contributed by atoms with Gasteiger partial charge in [0.15, 0.2) is 0 Å². The van der Waals surface area contributed by atoms with E-state index in [0.717, 1.165) is 16.7 Å². The first-order valence-electron chi connectivity index (χ1n) is 11.0. The van der Waals surface area contributed by atoms with Gasteiger partial charge in [-0.3, -0.25) is 9.59 Å². The van der Waals surface area contributed by atoms with Crippen LogP contribution in [-0.4, -0.2) is 29.4 Å². The third kappa shape index (κ3) is 4.93. The monoisotopic (exact) mass is 458 g/mol. The highest BCUT2D eigenvalue weighted by Crippen LogP contribution is 2.36. The molecule has 1 aliphatic rings. The molecule has 1 aliphatic heterocycles. The molecule has 2 amide bonds. The molecular formula is C27H26N2O5. The highest BCUT2D eigenvalue weighted by atomic mass is 16.5. The first-order chi connectivity index (χ1) is 16.4. The van der Waals surface area contributed by atoms with Crippen molar-refractivity contribution in [2.24, 2.45) is 0 Å². The van der Waals surface area contributed by atoms with Crippen molar-refractivity contribution in [2.45, 2.75) is 38.5 Å². The van der Waals surface area contributed by atoms with Gasteiger partial charge in [0, 0.05) is 6.42 Å². The van der Waals surface area contributed by atoms with Crippen molar-refractivity contribution in [2.75, 3.05) is 5.32 Å². The van der Waals surface area contributed by atoms with E-state index in [0.29, 0.717) is 11.4 Å². The molecule has 174 valence electrons. The highest BCUT2D eigenvalue weighted by Gasteiger charge is 2.48. The summed E-state index contributed by atoms with van der Waals surface area (Å²) in [4.78, 5) is 39.2. The van der Waals surface area contributed by atoms with E-state index in [1.165, 1.54) is 6.92 Å². The molecule has 4 rings (SSSR count). The highest BCUT2D eigenvalue weighted by molar-refractivity contribution is 6.16. The molecule has 3 aromatic rings. The number of hydrogen-bond donors (Lipinski definition) is 2. The van der Waals surface area contributed by atoms with Crippen LogP contribution in [0.1, 0.15) is 23.6 Å². The summed E-state index contributed by atoms with van der Waals surface area (Å²) in [7, 11) is 0. The minimum Gasteiger partial charge on any atom is -0.466 e. The van der Waals surface area contributed by atoms with Gasteiger partial charge in [-0.2, -0.15) is 0 Å². The number of ether oxygens (including phenoxy) is 2. The number of fused-ring (bicyclic) bond motifs is 1. The number of amides is 2. The number of para-hydroxylation sites is 1. The summed E-state index contributed by atoms with van der Waals surface area (Å²) < 4.78 is 11.3. The smallest absolute Gasteiger partial charge is 0.329 e. The number of aryl methyl sites for hydroxylation is 1. The molecule has 0 spiro atoms. The van der Waals surface area contributed by atoms with Crippen LogP contribution in [0, 0.1) is 6.92 Å². The summed E-state index contributed by atoms with van der Waals surface area (Å²) in [5.41, 5.74) is 1.16. The Bertz CT molecular complexity index is 1200. The number of rotatable bonds is 7. The lowest BCUT2D eigenvalue weighted by Gasteiger charge is -2.34. The van der Waals surface area contributed by atoms with Crippen molar-refractivity contribution < 1.29 is 23.9 Å². The van der Waals surface area contributed by atoms with Crippen molar-refractivity contribution >= 4 is 23.5 Å². The van der Waals surface area contributed by atoms with E-state index in [1.54, 1.807) is 12.1 Å². The average molecular weight is 459 g/mol. The first-order valence-corrected chi connectivity index (χ1v) is 11.0. The normalized spacial score (nSPS) is 17.5. The Balaban J connectivity index is 1.53. The number of esters is 1. The first kappa shape index (κ1) is 23.0. The van der Waals surface area contributed by atoms with Crippen LogP contribution in [0.5, 0.6) is 5.75 Å². The second-order valence-corrected chi connectivity index (χ2v) is 8.35. The fraction of sp³-hybridized carbons (Fsp3) is 0.222. The van der Waals surface area contributed by atoms with Crippen molar-refractivity contribution in [3.8, 4) is 5.75 Å². The second-order valence-electron chi connectivity index (χ2n) is 8.35. The molecule has 0 aliphatic carbocycles. The Kier molecular flexibility index (Phi) is 6.63. The summed E-state index contributed by atoms with van der Waals surface area (Å²) in [6.45, 7) is 3.30. The maximum absolute atomic E-state index is 13.3. The van der Waals surface area contributed by atoms with E-state index in [4.69, 9.17) is 9.47 Å². The fourth-order valence-corrected chi connectivity index (χ4v) is 3.70. The zero-order valence-corrected chi connectivity index (χ0v) is 19.0. The number of anilines is 1. The minimum absolute atomic E-state index is 0.0712. The third-order valence-corrected chi connectivity index (χ3v) is 5.75. The van der Waals surface area contributed by atoms with Gasteiger partial charge in [0.05, 0.1) is 5.69 Å². The second kappa shape index (κ2) is 9.79. The lowest BCUT2D eigenvalue weighted by atomic mass is 9.99. The quantitative estimate of drug-likeness (QED) is 0.417. The minimum atomic E-state index is -1.85. The summed E-state index contributed by atoms with van der Waals surface area (Å²) in [5, 5.41) is 5.45. The standard InChI is InChI=1S/C27H26N2O5/c1-18-10-9-15-22-23(18)29-26(32)27(2,34-22)25(31)28-21(16-19-11-5-3-6-12-19)24(30)33-17-20-13-7-4-8-14-20/h3-15,21H,16-17H2,1-2H3,(H,28,31)(H,29,32)/t21-,27+/m1/s1. The predicted molar refractivity (Wildman–Crippen MR) is 127 cm³/mol. The van der Waals surface area contributed by atoms with Gasteiger partial charge in [-0.05, 0) is 36.6 Å². The zero-order chi connectivity index (χ0) is 24.1. The third-order valence-electron chi connectivity index (χ3n) is 5.75. The number of hydrogen-bond acceptors (Lipinski definition) is 5. The lowest BCUT2D eigenvalue weighted by molar-refractivity contribution is -0.154. The molecule has 0 aromatic heterocycles. The van der Waals surface area contributed by atoms with Crippen molar-refractivity contribution in [1.29, 1.82) is 0 Å². The Morgan fingerprint density at radius 1 is 0.971 bits per heavy atom. The topological polar surface area (TPSA) is 93.7 Å². The molecule has 0 saturated carbocycles. The Morgan fingerprint density at radius 2 is 1.62 bits per heavy atom. The van der Waals surface area contributed by atoms with Crippen LogP contribution in [0.15, 0.2) is 78.9 Å². The van der Waals surface area contributed by atoms with Crippen molar-refractivity contribution in [3.63, 3.8) is 0 Å². The van der Waals surface area contributed by atoms with Gasteiger partial charge in [0.1, 0.15) is 18.4 Å². The van der Waals surface area contributed by atoms with Crippen LogP contribution in [0.2, 0.25) is 0 Å². The van der Waals surface area contributed by atoms with Gasteiger partial charge < -0.3 is 20.1 Å². The van der Waals surface area contributed by atoms with E-state index >= 15 is 0 Å². The molecule has 0 unspecified atom stereocenters. The van der Waals surface area contributed by atoms with Crippen molar-refractivity contribution in [1.82, 2.24) is 5.32 Å². The predicted octanol–water partition coefficient (Wildman–Crippen LogP) is 3.56. The van der Waals surface area contributed by atoms with Crippen LogP contribution >= 0.6 is 0 Å². The van der Waals surface area contributed by atoms with Gasteiger partial charge in [-0.15, -0.1) is 0 Å². The molecule has 3 aromatic carbocycles. The van der Waals surface area contributed by atoms with Gasteiger partial charge in [-0.1, -0.05) is 72.8 Å². The molecule has 0 radical (unpaired) electrons. The van der Waals surface area contributed by atoms with E-state index in [-0.39, 0.29) is 13.0 Å². The molecule has 7 nitrogen and oxygen atoms in total. The van der Waals surface area contributed by atoms with E-state index in [2.05, 4.69) is 10.6 Å². The average Bonchev–Trinajstić information content (AvgIpc) is 2.84. The van der Waals surface area contributed by atoms with Gasteiger partial charge in [-0.25, -0.2) is 4.79 Å². The maximum Gasteiger partial charge on any atom is 0.329 e. The molecule has 0 saturated heterocycles. The van der Waals surface area contributed by atoms with Gasteiger partial charge in [0.2, 0.25) is 0 Å². The lowest BCUT2D eigenvalue weighted by Crippen LogP contribution is -2.61. The number of nitrogens with one attached hydrogen (secondary N) is 2. The Hall–Kier alpha value is -4.13. The summed E-state index contributed by atoms with van der Waals surface area (Å²) in [6.07, 6.45) is 0.202. The summed E-state index contributed by atoms with van der Waals surface area (Å²) in [6, 6.07) is 22.8.